The molecule has 1 atom stereocenters. The average molecular weight is 533 g/mol. The quantitative estimate of drug-likeness (QED) is 0.260. The van der Waals surface area contributed by atoms with E-state index in [0.29, 0.717) is 28.8 Å². The Hall–Kier alpha value is -4.21. The highest BCUT2D eigenvalue weighted by atomic mass is 19.1. The number of halogens is 1. The lowest BCUT2D eigenvalue weighted by Gasteiger charge is -2.44. The van der Waals surface area contributed by atoms with Gasteiger partial charge in [-0.1, -0.05) is 0 Å². The Morgan fingerprint density at radius 1 is 1.26 bits per heavy atom. The van der Waals surface area contributed by atoms with E-state index in [1.165, 1.54) is 12.1 Å². The summed E-state index contributed by atoms with van der Waals surface area (Å²) in [5.74, 6) is 0.483. The normalized spacial score (nSPS) is 19.7. The van der Waals surface area contributed by atoms with Gasteiger partial charge in [0.25, 0.3) is 0 Å². The summed E-state index contributed by atoms with van der Waals surface area (Å²) in [6.07, 6.45) is 7.76. The van der Waals surface area contributed by atoms with Gasteiger partial charge in [0.2, 0.25) is 0 Å². The molecule has 2 N–H and O–H groups in total. The van der Waals surface area contributed by atoms with Crippen LogP contribution in [0.15, 0.2) is 36.8 Å². The molecule has 1 fully saturated rings. The maximum atomic E-state index is 13.4. The van der Waals surface area contributed by atoms with Crippen molar-refractivity contribution >= 4 is 5.52 Å². The van der Waals surface area contributed by atoms with Gasteiger partial charge in [0.15, 0.2) is 29.3 Å². The van der Waals surface area contributed by atoms with Crippen LogP contribution in [0.1, 0.15) is 35.9 Å². The fraction of sp³-hybridized carbons (Fsp3) is 0.407. The average Bonchev–Trinajstić information content (AvgIpc) is 3.50. The summed E-state index contributed by atoms with van der Waals surface area (Å²) in [5.41, 5.74) is 4.87. The fourth-order valence-corrected chi connectivity index (χ4v) is 5.50. The monoisotopic (exact) mass is 532 g/mol. The maximum Gasteiger partial charge on any atom is 0.176 e. The second kappa shape index (κ2) is 10.2. The second-order valence-corrected chi connectivity index (χ2v) is 9.98. The van der Waals surface area contributed by atoms with E-state index in [9.17, 15) is 9.50 Å². The van der Waals surface area contributed by atoms with Crippen LogP contribution in [-0.4, -0.2) is 66.7 Å². The molecule has 11 nitrogen and oxygen atoms in total. The first-order valence-corrected chi connectivity index (χ1v) is 12.9. The Morgan fingerprint density at radius 3 is 2.82 bits per heavy atom. The predicted octanol–water partition coefficient (Wildman–Crippen LogP) is 2.58. The highest BCUT2D eigenvalue weighted by Gasteiger charge is 2.36. The third-order valence-corrected chi connectivity index (χ3v) is 7.72. The SMILES string of the molecule is COc1cnn2cc(-c3nn4c(c3C)CN(C3CC(NC#N)C3)CC4)cc(O[C@H](CO)c3ccc(F)cn3)c12. The van der Waals surface area contributed by atoms with Crippen LogP contribution in [0, 0.1) is 24.2 Å². The second-order valence-electron chi connectivity index (χ2n) is 9.98. The van der Waals surface area contributed by atoms with Crippen LogP contribution in [0.25, 0.3) is 16.8 Å². The van der Waals surface area contributed by atoms with E-state index >= 15 is 0 Å². The van der Waals surface area contributed by atoms with Crippen molar-refractivity contribution in [1.82, 2.24) is 34.6 Å². The molecule has 12 heteroatoms. The Bertz CT molecular complexity index is 1540. The fourth-order valence-electron chi connectivity index (χ4n) is 5.50. The summed E-state index contributed by atoms with van der Waals surface area (Å²) in [4.78, 5) is 6.56. The van der Waals surface area contributed by atoms with Gasteiger partial charge < -0.3 is 19.9 Å². The summed E-state index contributed by atoms with van der Waals surface area (Å²) in [6.45, 7) is 4.21. The highest BCUT2D eigenvalue weighted by Crippen LogP contribution is 2.38. The number of rotatable bonds is 8. The first-order chi connectivity index (χ1) is 19.0. The van der Waals surface area contributed by atoms with E-state index < -0.39 is 11.9 Å². The maximum absolute atomic E-state index is 13.4. The van der Waals surface area contributed by atoms with Gasteiger partial charge in [-0.3, -0.25) is 14.6 Å². The molecule has 0 bridgehead atoms. The third kappa shape index (κ3) is 4.53. The molecule has 202 valence electrons. The number of aromatic nitrogens is 5. The van der Waals surface area contributed by atoms with Gasteiger partial charge in [-0.05, 0) is 43.5 Å². The smallest absolute Gasteiger partial charge is 0.176 e. The van der Waals surface area contributed by atoms with Crippen LogP contribution < -0.4 is 14.8 Å². The lowest BCUT2D eigenvalue weighted by atomic mass is 9.85. The Labute approximate surface area is 224 Å². The van der Waals surface area contributed by atoms with Crippen LogP contribution in [0.3, 0.4) is 0 Å². The number of nitrogens with zero attached hydrogens (tertiary/aromatic N) is 7. The number of pyridine rings is 2. The minimum atomic E-state index is -0.823. The van der Waals surface area contributed by atoms with Gasteiger partial charge in [0.05, 0.1) is 49.7 Å². The van der Waals surface area contributed by atoms with Gasteiger partial charge in [-0.25, -0.2) is 8.91 Å². The van der Waals surface area contributed by atoms with E-state index in [1.807, 2.05) is 18.5 Å². The van der Waals surface area contributed by atoms with Crippen LogP contribution in [-0.2, 0) is 13.1 Å². The van der Waals surface area contributed by atoms with Crippen LogP contribution >= 0.6 is 0 Å². The number of nitriles is 1. The molecule has 39 heavy (non-hydrogen) atoms. The zero-order chi connectivity index (χ0) is 27.1. The van der Waals surface area contributed by atoms with Gasteiger partial charge >= 0.3 is 0 Å². The Balaban J connectivity index is 1.33. The number of ether oxygens (including phenoxy) is 2. The number of hydrogen-bond donors (Lipinski definition) is 2. The molecular formula is C27H29FN8O3. The molecule has 0 spiro atoms. The molecule has 0 saturated heterocycles. The molecule has 2 aliphatic rings. The van der Waals surface area contributed by atoms with E-state index in [-0.39, 0.29) is 12.6 Å². The molecular weight excluding hydrogens is 503 g/mol. The van der Waals surface area contributed by atoms with Gasteiger partial charge in [-0.2, -0.15) is 15.5 Å². The molecule has 6 rings (SSSR count). The number of fused-ring (bicyclic) bond motifs is 2. The van der Waals surface area contributed by atoms with Gasteiger partial charge in [0, 0.05) is 36.9 Å². The molecule has 5 heterocycles. The van der Waals surface area contributed by atoms with Crippen molar-refractivity contribution < 1.29 is 19.0 Å². The summed E-state index contributed by atoms with van der Waals surface area (Å²) in [6, 6.07) is 5.38. The van der Waals surface area contributed by atoms with Crippen LogP contribution in [0.2, 0.25) is 0 Å². The molecule has 0 unspecified atom stereocenters. The molecule has 1 aliphatic heterocycles. The van der Waals surface area contributed by atoms with Crippen molar-refractivity contribution in [3.8, 4) is 28.9 Å². The first kappa shape index (κ1) is 25.1. The zero-order valence-electron chi connectivity index (χ0n) is 21.7. The molecule has 4 aromatic rings. The summed E-state index contributed by atoms with van der Waals surface area (Å²) in [5, 5.41) is 31.2. The minimum absolute atomic E-state index is 0.271. The van der Waals surface area contributed by atoms with E-state index in [2.05, 4.69) is 31.9 Å². The number of aliphatic hydroxyl groups excluding tert-OH is 1. The van der Waals surface area contributed by atoms with E-state index in [0.717, 1.165) is 61.2 Å². The number of aliphatic hydroxyl groups is 1. The molecule has 0 amide bonds. The standard InChI is InChI=1S/C27H29FN8O3/c1-16-22-13-34(20-8-19(9-20)31-15-29)5-6-35(22)33-26(16)17-7-23(27-24(38-2)11-32-36(27)12-17)39-25(14-37)21-4-3-18(28)10-30-21/h3-4,7,10-12,19-20,25,31,37H,5-6,8-9,13-14H2,1-2H3/t19?,20?,25-/m1/s1. The number of methoxy groups -OCH3 is 1. The van der Waals surface area contributed by atoms with Gasteiger partial charge in [-0.15, -0.1) is 0 Å². The third-order valence-electron chi connectivity index (χ3n) is 7.72. The predicted molar refractivity (Wildman–Crippen MR) is 138 cm³/mol. The lowest BCUT2D eigenvalue weighted by Crippen LogP contribution is -2.53. The summed E-state index contributed by atoms with van der Waals surface area (Å²) in [7, 11) is 1.56. The minimum Gasteiger partial charge on any atom is -0.493 e. The Kier molecular flexibility index (Phi) is 6.54. The molecule has 1 saturated carbocycles. The van der Waals surface area contributed by atoms with E-state index in [4.69, 9.17) is 19.8 Å². The van der Waals surface area contributed by atoms with Crippen molar-refractivity contribution in [1.29, 1.82) is 5.26 Å². The number of nitrogens with one attached hydrogen (secondary N) is 1. The van der Waals surface area contributed by atoms with Crippen molar-refractivity contribution in [2.24, 2.45) is 0 Å². The van der Waals surface area contributed by atoms with Gasteiger partial charge in [0.1, 0.15) is 5.82 Å². The highest BCUT2D eigenvalue weighted by molar-refractivity contribution is 5.75. The number of hydrogen-bond acceptors (Lipinski definition) is 9. The van der Waals surface area contributed by atoms with Crippen molar-refractivity contribution in [2.45, 2.75) is 51.0 Å². The molecule has 0 radical (unpaired) electrons. The summed E-state index contributed by atoms with van der Waals surface area (Å²) >= 11 is 0. The Morgan fingerprint density at radius 2 is 2.10 bits per heavy atom. The van der Waals surface area contributed by atoms with Crippen LogP contribution in [0.4, 0.5) is 4.39 Å². The first-order valence-electron chi connectivity index (χ1n) is 12.9. The zero-order valence-corrected chi connectivity index (χ0v) is 21.7. The topological polar surface area (TPSA) is 126 Å². The summed E-state index contributed by atoms with van der Waals surface area (Å²) < 4.78 is 29.0. The van der Waals surface area contributed by atoms with E-state index in [1.54, 1.807) is 17.8 Å². The van der Waals surface area contributed by atoms with Crippen molar-refractivity contribution in [3.63, 3.8) is 0 Å². The molecule has 0 aromatic carbocycles. The lowest BCUT2D eigenvalue weighted by molar-refractivity contribution is 0.0744. The molecule has 1 aliphatic carbocycles. The largest absolute Gasteiger partial charge is 0.493 e. The molecule has 4 aromatic heterocycles. The van der Waals surface area contributed by atoms with Crippen LogP contribution in [0.5, 0.6) is 11.5 Å². The van der Waals surface area contributed by atoms with Crippen molar-refractivity contribution in [3.05, 3.63) is 59.6 Å². The van der Waals surface area contributed by atoms with Crippen molar-refractivity contribution in [2.75, 3.05) is 20.3 Å².